The third-order valence-corrected chi connectivity index (χ3v) is 2.26. The molecule has 0 saturated carbocycles. The van der Waals surface area contributed by atoms with E-state index in [1.54, 1.807) is 19.1 Å². The molecule has 0 aromatic heterocycles. The van der Waals surface area contributed by atoms with E-state index in [-0.39, 0.29) is 0 Å². The molecule has 0 aliphatic rings. The maximum atomic E-state index is 10.6. The van der Waals surface area contributed by atoms with Crippen molar-refractivity contribution in [2.45, 2.75) is 13.5 Å². The van der Waals surface area contributed by atoms with Crippen LogP contribution in [0.4, 0.5) is 0 Å². The number of carboxylic acids is 1. The number of rotatable bonds is 5. The summed E-state index contributed by atoms with van der Waals surface area (Å²) >= 11 is 0. The zero-order chi connectivity index (χ0) is 12.0. The summed E-state index contributed by atoms with van der Waals surface area (Å²) in [5.74, 6) is -1.21. The summed E-state index contributed by atoms with van der Waals surface area (Å²) in [5, 5.41) is 20.4. The van der Waals surface area contributed by atoms with Gasteiger partial charge in [0.05, 0.1) is 17.6 Å². The Balaban J connectivity index is 2.43. The Morgan fingerprint density at radius 1 is 1.62 bits per heavy atom. The van der Waals surface area contributed by atoms with E-state index in [0.717, 1.165) is 5.56 Å². The van der Waals surface area contributed by atoms with Crippen LogP contribution in [0.15, 0.2) is 24.3 Å². The monoisotopic (exact) mass is 218 g/mol. The normalized spacial score (nSPS) is 11.8. The second-order valence-electron chi connectivity index (χ2n) is 3.68. The lowest BCUT2D eigenvalue weighted by Crippen LogP contribution is -2.25. The molecule has 1 atom stereocenters. The highest BCUT2D eigenvalue weighted by Crippen LogP contribution is 2.03. The topological polar surface area (TPSA) is 73.1 Å². The molecular formula is C12H14N2O2. The molecule has 1 unspecified atom stereocenters. The van der Waals surface area contributed by atoms with Crippen LogP contribution in [-0.2, 0) is 11.3 Å². The van der Waals surface area contributed by atoms with Gasteiger partial charge in [0, 0.05) is 13.1 Å². The Morgan fingerprint density at radius 3 is 3.00 bits per heavy atom. The van der Waals surface area contributed by atoms with Crippen molar-refractivity contribution in [1.82, 2.24) is 5.32 Å². The van der Waals surface area contributed by atoms with Gasteiger partial charge in [-0.05, 0) is 17.7 Å². The third kappa shape index (κ3) is 3.71. The molecule has 0 spiro atoms. The Labute approximate surface area is 94.5 Å². The molecule has 1 aromatic rings. The summed E-state index contributed by atoms with van der Waals surface area (Å²) in [4.78, 5) is 10.6. The zero-order valence-electron chi connectivity index (χ0n) is 9.10. The number of hydrogen-bond donors (Lipinski definition) is 2. The fourth-order valence-electron chi connectivity index (χ4n) is 1.27. The largest absolute Gasteiger partial charge is 0.481 e. The second kappa shape index (κ2) is 5.89. The van der Waals surface area contributed by atoms with Crippen molar-refractivity contribution < 1.29 is 9.90 Å². The number of carboxylic acid groups (broad SMARTS) is 1. The van der Waals surface area contributed by atoms with Gasteiger partial charge in [0.15, 0.2) is 0 Å². The van der Waals surface area contributed by atoms with E-state index in [1.807, 2.05) is 12.1 Å². The molecule has 1 rings (SSSR count). The molecule has 0 fully saturated rings. The first-order valence-corrected chi connectivity index (χ1v) is 5.06. The second-order valence-corrected chi connectivity index (χ2v) is 3.68. The van der Waals surface area contributed by atoms with Gasteiger partial charge in [-0.25, -0.2) is 0 Å². The van der Waals surface area contributed by atoms with Crippen LogP contribution in [0.3, 0.4) is 0 Å². The summed E-state index contributed by atoms with van der Waals surface area (Å²) in [5.41, 5.74) is 1.60. The molecule has 0 radical (unpaired) electrons. The van der Waals surface area contributed by atoms with Crippen molar-refractivity contribution in [1.29, 1.82) is 5.26 Å². The summed E-state index contributed by atoms with van der Waals surface area (Å²) in [6, 6.07) is 9.31. The number of aliphatic carboxylic acids is 1. The fourth-order valence-corrected chi connectivity index (χ4v) is 1.27. The molecule has 0 aliphatic heterocycles. The SMILES string of the molecule is CC(CNCc1cccc(C#N)c1)C(=O)O. The van der Waals surface area contributed by atoms with Crippen LogP contribution in [-0.4, -0.2) is 17.6 Å². The van der Waals surface area contributed by atoms with Crippen molar-refractivity contribution in [2.75, 3.05) is 6.54 Å². The molecule has 0 bridgehead atoms. The number of nitrogens with one attached hydrogen (secondary N) is 1. The van der Waals surface area contributed by atoms with Crippen LogP contribution in [0.2, 0.25) is 0 Å². The molecule has 1 aromatic carbocycles. The first-order chi connectivity index (χ1) is 7.63. The highest BCUT2D eigenvalue weighted by atomic mass is 16.4. The summed E-state index contributed by atoms with van der Waals surface area (Å²) in [6.45, 7) is 2.65. The Hall–Kier alpha value is -1.86. The highest BCUT2D eigenvalue weighted by molar-refractivity contribution is 5.69. The minimum Gasteiger partial charge on any atom is -0.481 e. The van der Waals surface area contributed by atoms with E-state index in [9.17, 15) is 4.79 Å². The average Bonchev–Trinajstić information content (AvgIpc) is 2.29. The van der Waals surface area contributed by atoms with Crippen molar-refractivity contribution >= 4 is 5.97 Å². The number of carbonyl (C=O) groups is 1. The standard InChI is InChI=1S/C12H14N2O2/c1-9(12(15)16)7-14-8-11-4-2-3-10(5-11)6-13/h2-5,9,14H,7-8H2,1H3,(H,15,16). The minimum atomic E-state index is -0.807. The van der Waals surface area contributed by atoms with Crippen molar-refractivity contribution in [3.05, 3.63) is 35.4 Å². The molecule has 4 nitrogen and oxygen atoms in total. The lowest BCUT2D eigenvalue weighted by Gasteiger charge is -2.08. The molecule has 4 heteroatoms. The fraction of sp³-hybridized carbons (Fsp3) is 0.333. The van der Waals surface area contributed by atoms with E-state index < -0.39 is 11.9 Å². The molecule has 16 heavy (non-hydrogen) atoms. The maximum absolute atomic E-state index is 10.6. The smallest absolute Gasteiger partial charge is 0.307 e. The average molecular weight is 218 g/mol. The maximum Gasteiger partial charge on any atom is 0.307 e. The predicted molar refractivity (Wildman–Crippen MR) is 59.7 cm³/mol. The first kappa shape index (κ1) is 12.2. The van der Waals surface area contributed by atoms with Gasteiger partial charge in [-0.15, -0.1) is 0 Å². The summed E-state index contributed by atoms with van der Waals surface area (Å²) in [7, 11) is 0. The molecular weight excluding hydrogens is 204 g/mol. The Kier molecular flexibility index (Phi) is 4.49. The van der Waals surface area contributed by atoms with Gasteiger partial charge in [-0.1, -0.05) is 19.1 Å². The Bertz CT molecular complexity index is 410. The number of nitriles is 1. The molecule has 0 amide bonds. The van der Waals surface area contributed by atoms with Crippen molar-refractivity contribution in [2.24, 2.45) is 5.92 Å². The molecule has 0 saturated heterocycles. The lowest BCUT2D eigenvalue weighted by atomic mass is 10.1. The van der Waals surface area contributed by atoms with Gasteiger partial charge in [-0.3, -0.25) is 4.79 Å². The summed E-state index contributed by atoms with van der Waals surface area (Å²) < 4.78 is 0. The van der Waals surface area contributed by atoms with E-state index in [2.05, 4.69) is 11.4 Å². The van der Waals surface area contributed by atoms with Crippen LogP contribution in [0.1, 0.15) is 18.1 Å². The van der Waals surface area contributed by atoms with E-state index >= 15 is 0 Å². The lowest BCUT2D eigenvalue weighted by molar-refractivity contribution is -0.140. The quantitative estimate of drug-likeness (QED) is 0.782. The number of hydrogen-bond acceptors (Lipinski definition) is 3. The van der Waals surface area contributed by atoms with Crippen LogP contribution in [0, 0.1) is 17.2 Å². The van der Waals surface area contributed by atoms with Crippen molar-refractivity contribution in [3.63, 3.8) is 0 Å². The van der Waals surface area contributed by atoms with Gasteiger partial charge in [0.25, 0.3) is 0 Å². The highest BCUT2D eigenvalue weighted by Gasteiger charge is 2.09. The van der Waals surface area contributed by atoms with Crippen LogP contribution >= 0.6 is 0 Å². The van der Waals surface area contributed by atoms with Crippen LogP contribution in [0.5, 0.6) is 0 Å². The predicted octanol–water partition coefficient (Wildman–Crippen LogP) is 1.37. The van der Waals surface area contributed by atoms with E-state index in [1.165, 1.54) is 0 Å². The van der Waals surface area contributed by atoms with Gasteiger partial charge in [0.2, 0.25) is 0 Å². The third-order valence-electron chi connectivity index (χ3n) is 2.26. The van der Waals surface area contributed by atoms with Gasteiger partial charge >= 0.3 is 5.97 Å². The van der Waals surface area contributed by atoms with Gasteiger partial charge in [0.1, 0.15) is 0 Å². The molecule has 0 aliphatic carbocycles. The zero-order valence-corrected chi connectivity index (χ0v) is 9.10. The number of benzene rings is 1. The van der Waals surface area contributed by atoms with Gasteiger partial charge in [-0.2, -0.15) is 5.26 Å². The van der Waals surface area contributed by atoms with E-state index in [4.69, 9.17) is 10.4 Å². The van der Waals surface area contributed by atoms with Crippen LogP contribution in [0.25, 0.3) is 0 Å². The molecule has 2 N–H and O–H groups in total. The summed E-state index contributed by atoms with van der Waals surface area (Å²) in [6.07, 6.45) is 0. The molecule has 0 heterocycles. The Morgan fingerprint density at radius 2 is 2.38 bits per heavy atom. The molecule has 84 valence electrons. The van der Waals surface area contributed by atoms with Gasteiger partial charge < -0.3 is 10.4 Å². The van der Waals surface area contributed by atoms with Crippen LogP contribution < -0.4 is 5.32 Å². The minimum absolute atomic E-state index is 0.404. The first-order valence-electron chi connectivity index (χ1n) is 5.06. The van der Waals surface area contributed by atoms with Crippen molar-refractivity contribution in [3.8, 4) is 6.07 Å². The van der Waals surface area contributed by atoms with E-state index in [0.29, 0.717) is 18.7 Å². The number of nitrogens with zero attached hydrogens (tertiary/aromatic N) is 1.